The summed E-state index contributed by atoms with van der Waals surface area (Å²) in [6.45, 7) is 1.62. The lowest BCUT2D eigenvalue weighted by molar-refractivity contribution is 0.0697. The molecular weight excluding hydrogens is 248 g/mol. The van der Waals surface area contributed by atoms with E-state index in [2.05, 4.69) is 4.98 Å². The number of benzene rings is 1. The van der Waals surface area contributed by atoms with Crippen LogP contribution in [0.2, 0.25) is 0 Å². The lowest BCUT2D eigenvalue weighted by Crippen LogP contribution is -2.05. The number of aromatic nitrogens is 2. The summed E-state index contributed by atoms with van der Waals surface area (Å²) in [5, 5.41) is 17.6. The Kier molecular flexibility index (Phi) is 4.48. The number of rotatable bonds is 7. The fourth-order valence-corrected chi connectivity index (χ4v) is 1.87. The molecule has 1 aromatic carbocycles. The largest absolute Gasteiger partial charge is 0.478 e. The zero-order chi connectivity index (χ0) is 13.7. The summed E-state index contributed by atoms with van der Waals surface area (Å²) < 4.78 is 7.08. The van der Waals surface area contributed by atoms with Crippen molar-refractivity contribution in [3.8, 4) is 0 Å². The molecule has 1 heterocycles. The van der Waals surface area contributed by atoms with Crippen LogP contribution in [-0.4, -0.2) is 45.6 Å². The van der Waals surface area contributed by atoms with Gasteiger partial charge in [0.15, 0.2) is 0 Å². The number of carboxylic acid groups (broad SMARTS) is 1. The number of imidazole rings is 1. The summed E-state index contributed by atoms with van der Waals surface area (Å²) in [5.74, 6) is -0.944. The first-order chi connectivity index (χ1) is 9.22. The Balaban J connectivity index is 2.06. The minimum atomic E-state index is -0.944. The van der Waals surface area contributed by atoms with Gasteiger partial charge in [0.2, 0.25) is 0 Å². The third-order valence-corrected chi connectivity index (χ3v) is 2.79. The third-order valence-electron chi connectivity index (χ3n) is 2.79. The normalized spacial score (nSPS) is 11.0. The number of nitrogens with zero attached hydrogens (tertiary/aromatic N) is 2. The number of carboxylic acids is 1. The average molecular weight is 264 g/mol. The molecule has 0 fully saturated rings. The molecule has 6 nitrogen and oxygen atoms in total. The van der Waals surface area contributed by atoms with Crippen LogP contribution in [0.4, 0.5) is 0 Å². The van der Waals surface area contributed by atoms with Crippen LogP contribution in [-0.2, 0) is 11.3 Å². The van der Waals surface area contributed by atoms with Crippen LogP contribution < -0.4 is 0 Å². The van der Waals surface area contributed by atoms with Crippen molar-refractivity contribution < 1.29 is 19.7 Å². The Hall–Kier alpha value is -1.92. The Bertz CT molecular complexity index is 565. The number of carbonyl (C=O) groups is 1. The molecule has 0 radical (unpaired) electrons. The summed E-state index contributed by atoms with van der Waals surface area (Å²) >= 11 is 0. The number of aliphatic hydroxyl groups excluding tert-OH is 1. The lowest BCUT2D eigenvalue weighted by atomic mass is 10.2. The van der Waals surface area contributed by atoms with Crippen molar-refractivity contribution >= 4 is 17.0 Å². The lowest BCUT2D eigenvalue weighted by Gasteiger charge is -2.05. The van der Waals surface area contributed by atoms with Crippen LogP contribution in [0.15, 0.2) is 24.5 Å². The van der Waals surface area contributed by atoms with Gasteiger partial charge in [-0.15, -0.1) is 0 Å². The second kappa shape index (κ2) is 6.31. The van der Waals surface area contributed by atoms with Crippen molar-refractivity contribution in [2.24, 2.45) is 0 Å². The van der Waals surface area contributed by atoms with Gasteiger partial charge < -0.3 is 19.5 Å². The third kappa shape index (κ3) is 3.30. The number of aryl methyl sites for hydroxylation is 1. The SMILES string of the molecule is O=C(O)c1ccc2ncn(CCCOCCO)c2c1. The molecule has 2 aromatic rings. The molecule has 0 aliphatic heterocycles. The first-order valence-corrected chi connectivity index (χ1v) is 6.09. The maximum atomic E-state index is 10.9. The van der Waals surface area contributed by atoms with Gasteiger partial charge in [0.25, 0.3) is 0 Å². The first kappa shape index (κ1) is 13.5. The van der Waals surface area contributed by atoms with E-state index in [4.69, 9.17) is 14.9 Å². The molecule has 0 amide bonds. The van der Waals surface area contributed by atoms with E-state index in [1.165, 1.54) is 0 Å². The summed E-state index contributed by atoms with van der Waals surface area (Å²) in [5.41, 5.74) is 1.84. The van der Waals surface area contributed by atoms with Crippen molar-refractivity contribution in [3.05, 3.63) is 30.1 Å². The predicted molar refractivity (Wildman–Crippen MR) is 69.2 cm³/mol. The summed E-state index contributed by atoms with van der Waals surface area (Å²) in [4.78, 5) is 15.2. The van der Waals surface area contributed by atoms with Crippen LogP contribution in [0.1, 0.15) is 16.8 Å². The van der Waals surface area contributed by atoms with Crippen molar-refractivity contribution in [1.82, 2.24) is 9.55 Å². The van der Waals surface area contributed by atoms with Crippen LogP contribution >= 0.6 is 0 Å². The molecule has 19 heavy (non-hydrogen) atoms. The Morgan fingerprint density at radius 2 is 2.21 bits per heavy atom. The molecule has 0 saturated heterocycles. The zero-order valence-electron chi connectivity index (χ0n) is 10.5. The van der Waals surface area contributed by atoms with Crippen molar-refractivity contribution in [3.63, 3.8) is 0 Å². The Morgan fingerprint density at radius 3 is 2.95 bits per heavy atom. The molecule has 0 unspecified atom stereocenters. The van der Waals surface area contributed by atoms with Crippen LogP contribution in [0, 0.1) is 0 Å². The smallest absolute Gasteiger partial charge is 0.335 e. The molecule has 0 saturated carbocycles. The van der Waals surface area contributed by atoms with Gasteiger partial charge in [-0.3, -0.25) is 0 Å². The fraction of sp³-hybridized carbons (Fsp3) is 0.385. The number of aromatic carboxylic acids is 1. The molecule has 1 aromatic heterocycles. The molecule has 0 atom stereocenters. The average Bonchev–Trinajstić information content (AvgIpc) is 2.81. The molecule has 0 spiro atoms. The second-order valence-corrected chi connectivity index (χ2v) is 4.14. The van der Waals surface area contributed by atoms with Gasteiger partial charge in [0.05, 0.1) is 36.1 Å². The molecular formula is C13H16N2O4. The maximum absolute atomic E-state index is 10.9. The predicted octanol–water partition coefficient (Wildman–Crippen LogP) is 1.13. The maximum Gasteiger partial charge on any atom is 0.335 e. The highest BCUT2D eigenvalue weighted by Crippen LogP contribution is 2.15. The summed E-state index contributed by atoms with van der Waals surface area (Å²) in [6.07, 6.45) is 2.48. The molecule has 2 rings (SSSR count). The highest BCUT2D eigenvalue weighted by atomic mass is 16.5. The second-order valence-electron chi connectivity index (χ2n) is 4.14. The number of hydrogen-bond acceptors (Lipinski definition) is 4. The van der Waals surface area contributed by atoms with Gasteiger partial charge in [-0.1, -0.05) is 0 Å². The van der Waals surface area contributed by atoms with E-state index < -0.39 is 5.97 Å². The van der Waals surface area contributed by atoms with E-state index in [9.17, 15) is 4.79 Å². The van der Waals surface area contributed by atoms with E-state index in [1.807, 2.05) is 4.57 Å². The van der Waals surface area contributed by atoms with E-state index in [0.29, 0.717) is 19.8 Å². The minimum absolute atomic E-state index is 0.0238. The first-order valence-electron chi connectivity index (χ1n) is 6.09. The highest BCUT2D eigenvalue weighted by Gasteiger charge is 2.07. The van der Waals surface area contributed by atoms with E-state index in [-0.39, 0.29) is 12.2 Å². The van der Waals surface area contributed by atoms with Gasteiger partial charge in [0.1, 0.15) is 0 Å². The van der Waals surface area contributed by atoms with Gasteiger partial charge in [-0.2, -0.15) is 0 Å². The van der Waals surface area contributed by atoms with Gasteiger partial charge in [-0.25, -0.2) is 9.78 Å². The number of fused-ring (bicyclic) bond motifs is 1. The van der Waals surface area contributed by atoms with Gasteiger partial charge >= 0.3 is 5.97 Å². The van der Waals surface area contributed by atoms with Crippen LogP contribution in [0.25, 0.3) is 11.0 Å². The van der Waals surface area contributed by atoms with E-state index in [1.54, 1.807) is 24.5 Å². The Labute approximate surface area is 110 Å². The molecule has 6 heteroatoms. The number of hydrogen-bond donors (Lipinski definition) is 2. The topological polar surface area (TPSA) is 84.6 Å². The zero-order valence-corrected chi connectivity index (χ0v) is 10.5. The van der Waals surface area contributed by atoms with Crippen molar-refractivity contribution in [2.45, 2.75) is 13.0 Å². The van der Waals surface area contributed by atoms with E-state index >= 15 is 0 Å². The van der Waals surface area contributed by atoms with Crippen molar-refractivity contribution in [1.29, 1.82) is 0 Å². The summed E-state index contributed by atoms with van der Waals surface area (Å²) in [6, 6.07) is 4.88. The molecule has 2 N–H and O–H groups in total. The van der Waals surface area contributed by atoms with Crippen LogP contribution in [0.3, 0.4) is 0 Å². The standard InChI is InChI=1S/C13H16N2O4/c16-5-7-19-6-1-4-15-9-14-11-3-2-10(13(17)18)8-12(11)15/h2-3,8-9,16H,1,4-7H2,(H,17,18). The minimum Gasteiger partial charge on any atom is -0.478 e. The molecule has 0 bridgehead atoms. The Morgan fingerprint density at radius 1 is 1.37 bits per heavy atom. The highest BCUT2D eigenvalue weighted by molar-refractivity contribution is 5.92. The quantitative estimate of drug-likeness (QED) is 0.732. The molecule has 0 aliphatic carbocycles. The van der Waals surface area contributed by atoms with Crippen LogP contribution in [0.5, 0.6) is 0 Å². The van der Waals surface area contributed by atoms with Crippen molar-refractivity contribution in [2.75, 3.05) is 19.8 Å². The number of ether oxygens (including phenoxy) is 1. The van der Waals surface area contributed by atoms with Gasteiger partial charge in [0, 0.05) is 13.2 Å². The molecule has 102 valence electrons. The van der Waals surface area contributed by atoms with Gasteiger partial charge in [-0.05, 0) is 24.6 Å². The monoisotopic (exact) mass is 264 g/mol. The number of aliphatic hydroxyl groups is 1. The fourth-order valence-electron chi connectivity index (χ4n) is 1.87. The summed E-state index contributed by atoms with van der Waals surface area (Å²) in [7, 11) is 0. The van der Waals surface area contributed by atoms with E-state index in [0.717, 1.165) is 17.5 Å². The molecule has 0 aliphatic rings.